The monoisotopic (exact) mass is 280 g/mol. The van der Waals surface area contributed by atoms with Crippen LogP contribution in [0.2, 0.25) is 0 Å². The molecule has 0 aliphatic carbocycles. The first-order valence-corrected chi connectivity index (χ1v) is 6.86. The topological polar surface area (TPSA) is 87.8 Å². The molecule has 1 aliphatic rings. The third kappa shape index (κ3) is 2.19. The van der Waals surface area contributed by atoms with Gasteiger partial charge in [0.2, 0.25) is 9.97 Å². The molecule has 0 aromatic carbocycles. The van der Waals surface area contributed by atoms with Crippen LogP contribution in [0.25, 0.3) is 4.96 Å². The maximum Gasteiger partial charge on any atom is 0.367 e. The second-order valence-corrected chi connectivity index (χ2v) is 5.36. The van der Waals surface area contributed by atoms with Crippen molar-refractivity contribution >= 4 is 28.1 Å². The van der Waals surface area contributed by atoms with Gasteiger partial charge >= 0.3 is 5.97 Å². The fraction of sp³-hybridized carbons (Fsp3) is 0.455. The van der Waals surface area contributed by atoms with E-state index in [4.69, 9.17) is 5.11 Å². The van der Waals surface area contributed by atoms with Crippen LogP contribution < -0.4 is 10.5 Å². The van der Waals surface area contributed by atoms with Crippen LogP contribution in [-0.2, 0) is 0 Å². The number of hydrogen-bond donors (Lipinski definition) is 1. The number of carboxylic acids is 1. The molecule has 1 aliphatic heterocycles. The Morgan fingerprint density at radius 1 is 1.32 bits per heavy atom. The van der Waals surface area contributed by atoms with Gasteiger partial charge < -0.3 is 10.0 Å². The highest BCUT2D eigenvalue weighted by Gasteiger charge is 2.17. The van der Waals surface area contributed by atoms with Gasteiger partial charge in [-0.3, -0.25) is 4.79 Å². The summed E-state index contributed by atoms with van der Waals surface area (Å²) in [6, 6.07) is 1.42. The van der Waals surface area contributed by atoms with Crippen LogP contribution in [-0.4, -0.2) is 38.8 Å². The number of aromatic carboxylic acids is 1. The van der Waals surface area contributed by atoms with Crippen molar-refractivity contribution in [3.05, 3.63) is 21.4 Å². The van der Waals surface area contributed by atoms with Crippen molar-refractivity contribution in [2.45, 2.75) is 19.3 Å². The van der Waals surface area contributed by atoms with E-state index in [-0.39, 0.29) is 10.6 Å². The number of carbonyl (C=O) groups is 1. The van der Waals surface area contributed by atoms with E-state index in [1.165, 1.54) is 12.5 Å². The number of hydrogen-bond acceptors (Lipinski definition) is 6. The first kappa shape index (κ1) is 12.1. The van der Waals surface area contributed by atoms with Crippen molar-refractivity contribution in [3.8, 4) is 0 Å². The molecule has 19 heavy (non-hydrogen) atoms. The molecule has 1 saturated heterocycles. The van der Waals surface area contributed by atoms with E-state index in [0.29, 0.717) is 10.8 Å². The number of aromatic nitrogens is 3. The number of anilines is 1. The van der Waals surface area contributed by atoms with E-state index >= 15 is 0 Å². The molecular formula is C11H12N4O3S. The minimum Gasteiger partial charge on any atom is -0.476 e. The predicted molar refractivity (Wildman–Crippen MR) is 70.2 cm³/mol. The van der Waals surface area contributed by atoms with Gasteiger partial charge in [-0.2, -0.15) is 4.52 Å². The molecule has 3 rings (SSSR count). The van der Waals surface area contributed by atoms with E-state index in [1.807, 2.05) is 0 Å². The lowest BCUT2D eigenvalue weighted by molar-refractivity contribution is 0.0695. The fourth-order valence-corrected chi connectivity index (χ4v) is 2.91. The zero-order chi connectivity index (χ0) is 13.4. The van der Waals surface area contributed by atoms with Crippen molar-refractivity contribution in [1.29, 1.82) is 0 Å². The zero-order valence-corrected chi connectivity index (χ0v) is 10.9. The maximum absolute atomic E-state index is 11.9. The summed E-state index contributed by atoms with van der Waals surface area (Å²) in [6.07, 6.45) is 3.37. The van der Waals surface area contributed by atoms with Gasteiger partial charge in [-0.15, -0.1) is 5.10 Å². The van der Waals surface area contributed by atoms with Crippen LogP contribution in [0.1, 0.15) is 29.1 Å². The summed E-state index contributed by atoms with van der Waals surface area (Å²) < 4.78 is 1.04. The van der Waals surface area contributed by atoms with Crippen molar-refractivity contribution in [2.75, 3.05) is 18.0 Å². The third-order valence-electron chi connectivity index (χ3n) is 3.09. The highest BCUT2D eigenvalue weighted by molar-refractivity contribution is 7.18. The Balaban J connectivity index is 2.07. The SMILES string of the molecule is O=C(O)c1nn2c(=O)cc(N3CCCCC3)nc2s1. The van der Waals surface area contributed by atoms with Crippen LogP contribution in [0.15, 0.2) is 10.9 Å². The van der Waals surface area contributed by atoms with Gasteiger partial charge in [-0.1, -0.05) is 11.3 Å². The quantitative estimate of drug-likeness (QED) is 0.877. The number of rotatable bonds is 2. The summed E-state index contributed by atoms with van der Waals surface area (Å²) >= 11 is 0.912. The van der Waals surface area contributed by atoms with Gasteiger partial charge in [0.05, 0.1) is 0 Å². The highest BCUT2D eigenvalue weighted by atomic mass is 32.1. The molecule has 2 aromatic heterocycles. The van der Waals surface area contributed by atoms with E-state index in [9.17, 15) is 9.59 Å². The normalized spacial score (nSPS) is 15.9. The average molecular weight is 280 g/mol. The number of carboxylic acid groups (broad SMARTS) is 1. The number of nitrogens with zero attached hydrogens (tertiary/aromatic N) is 4. The first-order chi connectivity index (χ1) is 9.15. The van der Waals surface area contributed by atoms with E-state index < -0.39 is 5.97 Å². The molecule has 0 radical (unpaired) electrons. The molecule has 0 bridgehead atoms. The molecule has 0 spiro atoms. The fourth-order valence-electron chi connectivity index (χ4n) is 2.17. The Bertz CT molecular complexity index is 687. The standard InChI is InChI=1S/C11H12N4O3S/c16-8-6-7(14-4-2-1-3-5-14)12-11-15(8)13-9(19-11)10(17)18/h6H,1-5H2,(H,17,18). The summed E-state index contributed by atoms with van der Waals surface area (Å²) in [7, 11) is 0. The summed E-state index contributed by atoms with van der Waals surface area (Å²) in [4.78, 5) is 29.5. The molecule has 100 valence electrons. The van der Waals surface area contributed by atoms with Crippen LogP contribution in [0.3, 0.4) is 0 Å². The number of piperidine rings is 1. The molecule has 1 fully saturated rings. The van der Waals surface area contributed by atoms with Crippen LogP contribution in [0.4, 0.5) is 5.82 Å². The highest BCUT2D eigenvalue weighted by Crippen LogP contribution is 2.19. The lowest BCUT2D eigenvalue weighted by atomic mass is 10.1. The lowest BCUT2D eigenvalue weighted by Gasteiger charge is -2.27. The van der Waals surface area contributed by atoms with Gasteiger partial charge in [0, 0.05) is 19.2 Å². The van der Waals surface area contributed by atoms with Gasteiger partial charge in [0.15, 0.2) is 0 Å². The minimum atomic E-state index is -1.14. The van der Waals surface area contributed by atoms with Crippen LogP contribution in [0.5, 0.6) is 0 Å². The summed E-state index contributed by atoms with van der Waals surface area (Å²) in [5.74, 6) is -0.528. The smallest absolute Gasteiger partial charge is 0.367 e. The Kier molecular flexibility index (Phi) is 2.94. The van der Waals surface area contributed by atoms with Gasteiger partial charge in [-0.25, -0.2) is 9.78 Å². The van der Waals surface area contributed by atoms with Gasteiger partial charge in [-0.05, 0) is 19.3 Å². The largest absolute Gasteiger partial charge is 0.476 e. The maximum atomic E-state index is 11.9. The lowest BCUT2D eigenvalue weighted by Crippen LogP contribution is -2.31. The molecule has 0 saturated carbocycles. The Labute approximate surface area is 112 Å². The van der Waals surface area contributed by atoms with Gasteiger partial charge in [0.25, 0.3) is 5.56 Å². The van der Waals surface area contributed by atoms with Crippen LogP contribution >= 0.6 is 11.3 Å². The summed E-state index contributed by atoms with van der Waals surface area (Å²) in [5.41, 5.74) is -0.339. The Morgan fingerprint density at radius 3 is 2.74 bits per heavy atom. The zero-order valence-electron chi connectivity index (χ0n) is 10.1. The van der Waals surface area contributed by atoms with Crippen molar-refractivity contribution in [3.63, 3.8) is 0 Å². The Hall–Kier alpha value is -1.96. The molecule has 7 nitrogen and oxygen atoms in total. The second-order valence-electron chi connectivity index (χ2n) is 4.41. The van der Waals surface area contributed by atoms with Crippen molar-refractivity contribution < 1.29 is 9.90 Å². The summed E-state index contributed by atoms with van der Waals surface area (Å²) in [6.45, 7) is 1.76. The molecular weight excluding hydrogens is 268 g/mol. The molecule has 1 N–H and O–H groups in total. The first-order valence-electron chi connectivity index (χ1n) is 6.04. The summed E-state index contributed by atoms with van der Waals surface area (Å²) in [5, 5.41) is 12.5. The minimum absolute atomic E-state index is 0.125. The van der Waals surface area contributed by atoms with E-state index in [0.717, 1.165) is 41.8 Å². The molecule has 0 amide bonds. The van der Waals surface area contributed by atoms with Crippen LogP contribution in [0, 0.1) is 0 Å². The Morgan fingerprint density at radius 2 is 2.05 bits per heavy atom. The van der Waals surface area contributed by atoms with Crippen molar-refractivity contribution in [2.24, 2.45) is 0 Å². The second kappa shape index (κ2) is 4.61. The number of fused-ring (bicyclic) bond motifs is 1. The molecule has 0 unspecified atom stereocenters. The molecule has 2 aromatic rings. The molecule has 0 atom stereocenters. The predicted octanol–water partition coefficient (Wildman–Crippen LogP) is 0.839. The average Bonchev–Trinajstić information content (AvgIpc) is 2.84. The third-order valence-corrected chi connectivity index (χ3v) is 3.99. The van der Waals surface area contributed by atoms with Crippen molar-refractivity contribution in [1.82, 2.24) is 14.6 Å². The van der Waals surface area contributed by atoms with Gasteiger partial charge in [0.1, 0.15) is 5.82 Å². The van der Waals surface area contributed by atoms with E-state index in [2.05, 4.69) is 15.0 Å². The van der Waals surface area contributed by atoms with E-state index in [1.54, 1.807) is 0 Å². The molecule has 8 heteroatoms. The molecule has 3 heterocycles.